The number of ether oxygens (including phenoxy) is 6. The molecule has 0 fully saturated rings. The second-order valence-corrected chi connectivity index (χ2v) is 35.5. The van der Waals surface area contributed by atoms with Crippen molar-refractivity contribution in [2.75, 3.05) is 59.5 Å². The Kier molecular flexibility index (Phi) is 26.8. The summed E-state index contributed by atoms with van der Waals surface area (Å²) in [7, 11) is -1.82. The van der Waals surface area contributed by atoms with Gasteiger partial charge in [-0.15, -0.1) is 24.3 Å². The molecule has 6 aromatic carbocycles. The number of Topliss-reactive ketones (excluding diaryl/α,β-unsaturated/α-hetero) is 1. The molecule has 4 atom stereocenters. The molecule has 0 amide bonds. The average Bonchev–Trinajstić information content (AvgIpc) is 1.56. The molecule has 12 heterocycles. The summed E-state index contributed by atoms with van der Waals surface area (Å²) in [4.78, 5) is 117. The quantitative estimate of drug-likeness (QED) is 0.0334. The maximum absolute atomic E-state index is 12.9. The minimum absolute atomic E-state index is 0. The molecule has 0 saturated heterocycles. The van der Waals surface area contributed by atoms with Gasteiger partial charge in [0.15, 0.2) is 5.78 Å². The number of fused-ring (bicyclic) bond motifs is 21. The number of nitrogens with zero attached hydrogens (tertiary/aromatic N) is 4. The smallest absolute Gasteiger partial charge is 0.550 e. The van der Waals surface area contributed by atoms with Gasteiger partial charge in [-0.25, -0.2) is 24.0 Å². The number of anilines is 4. The Bertz CT molecular complexity index is 5790. The van der Waals surface area contributed by atoms with Crippen LogP contribution in [-0.4, -0.2) is 136 Å². The zero-order chi connectivity index (χ0) is 87.8. The largest absolute Gasteiger partial charge is 1.00 e. The van der Waals surface area contributed by atoms with E-state index < -0.39 is 58.8 Å². The SMILES string of the molecule is CC1(C)C2=C3C=C(CC(=O)O)C(=O)OC3CCN2c2ccccc21.CC1(C)C2=C3C=C(CC(=O)[O-])C(=O)OC3CCN2c2cc[c-]cc21.CCCC1(CCC)c2ccccc2-c2cc3c(cc21)N1CCC2OC(=O)C(C(=O)OC)=CC2=C1C3(C)C.CCOC(=O)CCCC(=O)C1=CC2=C3N(CCC2OC1=O)c1ccc2ccccc2c1C3(C)C.O=S(=O)=O.[Na+].[Na+]. The molecule has 0 radical (unpaired) electrons. The zero-order valence-corrected chi connectivity index (χ0v) is 78.0. The summed E-state index contributed by atoms with van der Waals surface area (Å²) in [5, 5.41) is 22.4. The third kappa shape index (κ3) is 16.5. The molecule has 12 aliphatic heterocycles. The van der Waals surface area contributed by atoms with Crippen LogP contribution in [0.1, 0.15) is 193 Å². The van der Waals surface area contributed by atoms with E-state index in [4.69, 9.17) is 46.2 Å². The van der Waals surface area contributed by atoms with Gasteiger partial charge >= 0.3 is 112 Å². The van der Waals surface area contributed by atoms with Crippen LogP contribution in [0.15, 0.2) is 207 Å². The van der Waals surface area contributed by atoms with E-state index in [-0.39, 0.29) is 164 Å². The molecule has 1 aliphatic carbocycles. The summed E-state index contributed by atoms with van der Waals surface area (Å²) >= 11 is 0. The van der Waals surface area contributed by atoms with Crippen LogP contribution in [0.25, 0.3) is 21.9 Å². The molecule has 4 unspecified atom stereocenters. The van der Waals surface area contributed by atoms with Crippen molar-refractivity contribution in [3.8, 4) is 11.1 Å². The number of ketones is 1. The van der Waals surface area contributed by atoms with Gasteiger partial charge in [-0.05, 0) is 130 Å². The van der Waals surface area contributed by atoms with Crippen molar-refractivity contribution in [1.82, 2.24) is 0 Å². The molecule has 640 valence electrons. The number of hydrogen-bond donors (Lipinski definition) is 1. The van der Waals surface area contributed by atoms with Crippen molar-refractivity contribution in [3.05, 3.63) is 246 Å². The molecule has 1 N–H and O–H groups in total. The van der Waals surface area contributed by atoms with Gasteiger partial charge in [0.25, 0.3) is 0 Å². The minimum atomic E-state index is -3.11. The Morgan fingerprint density at radius 3 is 1.54 bits per heavy atom. The summed E-state index contributed by atoms with van der Waals surface area (Å²) in [6.07, 6.45) is 12.8. The number of methoxy groups -OCH3 is 1. The molecule has 6 aromatic rings. The fraction of sp³-hybridized carbons (Fsp3) is 0.398. The predicted molar refractivity (Wildman–Crippen MR) is 457 cm³/mol. The van der Waals surface area contributed by atoms with Crippen molar-refractivity contribution < 1.29 is 154 Å². The van der Waals surface area contributed by atoms with E-state index in [1.54, 1.807) is 31.2 Å². The van der Waals surface area contributed by atoms with Gasteiger partial charge in [0.05, 0.1) is 20.1 Å². The zero-order valence-electron chi connectivity index (χ0n) is 73.2. The first kappa shape index (κ1) is 92.4. The normalized spacial score (nSPS) is 21.4. The molecular weight excluding hydrogens is 1630 g/mol. The number of para-hydroxylation sites is 1. The van der Waals surface area contributed by atoms with Crippen molar-refractivity contribution in [3.63, 3.8) is 0 Å². The Balaban J connectivity index is 0.000000142. The monoisotopic (exact) mass is 1730 g/mol. The van der Waals surface area contributed by atoms with Crippen LogP contribution in [0, 0.1) is 6.07 Å². The molecule has 19 rings (SSSR count). The fourth-order valence-corrected chi connectivity index (χ4v) is 21.4. The first-order chi connectivity index (χ1) is 58.6. The Hall–Kier alpha value is -10.3. The molecule has 24 nitrogen and oxygen atoms in total. The van der Waals surface area contributed by atoms with E-state index in [0.29, 0.717) is 38.7 Å². The second kappa shape index (κ2) is 36.2. The van der Waals surface area contributed by atoms with Crippen LogP contribution >= 0.6 is 0 Å². The van der Waals surface area contributed by atoms with E-state index >= 15 is 0 Å². The summed E-state index contributed by atoms with van der Waals surface area (Å²) in [6, 6.07) is 44.0. The van der Waals surface area contributed by atoms with E-state index in [9.17, 15) is 48.3 Å². The molecule has 13 aliphatic rings. The number of esters is 6. The molecule has 0 spiro atoms. The van der Waals surface area contributed by atoms with Crippen LogP contribution in [-0.2, 0) is 109 Å². The third-order valence-corrected chi connectivity index (χ3v) is 26.3. The Morgan fingerprint density at radius 1 is 0.512 bits per heavy atom. The van der Waals surface area contributed by atoms with Crippen LogP contribution in [0.5, 0.6) is 0 Å². The summed E-state index contributed by atoms with van der Waals surface area (Å²) in [5.41, 5.74) is 22.8. The van der Waals surface area contributed by atoms with E-state index in [1.165, 1.54) is 79.5 Å². The van der Waals surface area contributed by atoms with Crippen LogP contribution in [0.4, 0.5) is 22.7 Å². The van der Waals surface area contributed by atoms with E-state index in [0.717, 1.165) is 103 Å². The van der Waals surface area contributed by atoms with E-state index in [2.05, 4.69) is 174 Å². The van der Waals surface area contributed by atoms with Gasteiger partial charge in [0.2, 0.25) is 0 Å². The van der Waals surface area contributed by atoms with Gasteiger partial charge in [0, 0.05) is 172 Å². The molecule has 0 bridgehead atoms. The van der Waals surface area contributed by atoms with Crippen LogP contribution in [0.2, 0.25) is 0 Å². The van der Waals surface area contributed by atoms with Gasteiger partial charge in [-0.2, -0.15) is 18.2 Å². The van der Waals surface area contributed by atoms with Crippen molar-refractivity contribution in [2.45, 2.75) is 211 Å². The Labute approximate surface area is 773 Å². The fourth-order valence-electron chi connectivity index (χ4n) is 21.4. The second-order valence-electron chi connectivity index (χ2n) is 35.1. The topological polar surface area (TPSA) is 316 Å². The maximum atomic E-state index is 12.9. The van der Waals surface area contributed by atoms with Gasteiger partial charge in [-0.3, -0.25) is 14.4 Å². The van der Waals surface area contributed by atoms with Crippen molar-refractivity contribution in [1.29, 1.82) is 0 Å². The number of carbonyl (C=O) groups is 9. The number of aliphatic carboxylic acids is 2. The summed E-state index contributed by atoms with van der Waals surface area (Å²) in [6.45, 7) is 27.2. The standard InChI is InChI=1S/C32H35NO4.C28H29NO5.C19H19NO4.C19H18NO4.2Na.O3S/c1-6-13-32(14-7-2)23-11-9-8-10-19(23)20-17-25-26(18-24(20)32)33-15-12-27-21(28(33)31(25,3)4)16-22(29(34)36-5)30(35)37-27;1-4-33-24(31)11-7-10-22(30)19-16-20-23(34-27(19)32)14-15-29-21-13-12-17-8-5-6-9-18(17)25(21)28(2,3)26(20)29;2*1-19(2)13-5-3-4-6-14(13)20-8-7-15-12(17(19)20)9-11(10-16(21)22)18(23)24-15;;;1-4(2)3/h8-11,16-18,27H,6-7,12-15H2,1-5H3;5-6,8-9,12-13,16,23H,4,7,10-11,14-15H2,1-3H3;3-6,9,15H,7-8,10H2,1-2H3,(H,21,22);4-6,9,15H,7-8,10H2,1-2H3,(H,21,22);;;/q;;;-1;2*+1;/p-1. The number of carboxylic acids is 2. The first-order valence-corrected chi connectivity index (χ1v) is 43.3. The third-order valence-electron chi connectivity index (χ3n) is 26.3. The van der Waals surface area contributed by atoms with Gasteiger partial charge in [0.1, 0.15) is 35.6 Å². The summed E-state index contributed by atoms with van der Waals surface area (Å²) < 4.78 is 57.7. The van der Waals surface area contributed by atoms with Crippen molar-refractivity contribution >= 4 is 97.7 Å². The minimum Gasteiger partial charge on any atom is -0.550 e. The molecule has 0 aromatic heterocycles. The number of benzene rings is 6. The summed E-state index contributed by atoms with van der Waals surface area (Å²) in [5.74, 6) is -5.80. The van der Waals surface area contributed by atoms with Gasteiger partial charge in [-0.1, -0.05) is 161 Å². The molecule has 0 saturated carbocycles. The number of rotatable bonds is 15. The molecule has 125 heavy (non-hydrogen) atoms. The van der Waals surface area contributed by atoms with Crippen LogP contribution in [0.3, 0.4) is 0 Å². The van der Waals surface area contributed by atoms with Crippen molar-refractivity contribution in [2.24, 2.45) is 0 Å². The first-order valence-electron chi connectivity index (χ1n) is 42.3. The average molecular weight is 1730 g/mol. The number of hydrogen-bond acceptors (Lipinski definition) is 23. The predicted octanol–water partition coefficient (Wildman–Crippen LogP) is 8.09. The molecular formula is C98H100N4Na2O20S. The maximum Gasteiger partial charge on any atom is 1.00 e. The van der Waals surface area contributed by atoms with E-state index in [1.807, 2.05) is 36.4 Å². The Morgan fingerprint density at radius 2 is 0.984 bits per heavy atom. The molecule has 27 heteroatoms. The van der Waals surface area contributed by atoms with Gasteiger partial charge < -0.3 is 63.0 Å². The number of carbonyl (C=O) groups excluding carboxylic acids is 8. The van der Waals surface area contributed by atoms with Crippen LogP contribution < -0.4 is 83.8 Å². The number of allylic oxidation sites excluding steroid dienone is 4. The number of carboxylic acid groups (broad SMARTS) is 2.